The van der Waals surface area contributed by atoms with Crippen molar-refractivity contribution < 1.29 is 9.18 Å². The van der Waals surface area contributed by atoms with Gasteiger partial charge in [-0.3, -0.25) is 0 Å². The monoisotopic (exact) mass is 262 g/mol. The standard InChI is InChI=1S/C15H12ClFO/c16-14-6-4-11(5-7-14)8-13(10-18)12-2-1-3-15(17)9-12/h1-7,9-10,13H,8H2. The predicted molar refractivity (Wildman–Crippen MR) is 70.4 cm³/mol. The lowest BCUT2D eigenvalue weighted by atomic mass is 9.93. The van der Waals surface area contributed by atoms with Crippen LogP contribution in [0, 0.1) is 5.82 Å². The van der Waals surface area contributed by atoms with Gasteiger partial charge in [-0.2, -0.15) is 0 Å². The van der Waals surface area contributed by atoms with Crippen molar-refractivity contribution in [2.45, 2.75) is 12.3 Å². The average molecular weight is 263 g/mol. The topological polar surface area (TPSA) is 17.1 Å². The minimum Gasteiger partial charge on any atom is -0.303 e. The Morgan fingerprint density at radius 2 is 1.89 bits per heavy atom. The van der Waals surface area contributed by atoms with Gasteiger partial charge in [-0.1, -0.05) is 35.9 Å². The van der Waals surface area contributed by atoms with Crippen LogP contribution in [0.15, 0.2) is 48.5 Å². The second kappa shape index (κ2) is 5.78. The molecule has 0 aromatic heterocycles. The van der Waals surface area contributed by atoms with Gasteiger partial charge in [0.2, 0.25) is 0 Å². The summed E-state index contributed by atoms with van der Waals surface area (Å²) in [4.78, 5) is 11.1. The molecule has 0 aliphatic carbocycles. The minimum absolute atomic E-state index is 0.324. The van der Waals surface area contributed by atoms with Crippen LogP contribution in [-0.2, 0) is 11.2 Å². The van der Waals surface area contributed by atoms with Crippen LogP contribution in [0.4, 0.5) is 4.39 Å². The van der Waals surface area contributed by atoms with E-state index >= 15 is 0 Å². The molecule has 1 unspecified atom stereocenters. The van der Waals surface area contributed by atoms with Gasteiger partial charge in [0.05, 0.1) is 0 Å². The van der Waals surface area contributed by atoms with E-state index in [2.05, 4.69) is 0 Å². The van der Waals surface area contributed by atoms with Gasteiger partial charge < -0.3 is 4.79 Å². The van der Waals surface area contributed by atoms with Gasteiger partial charge >= 0.3 is 0 Å². The normalized spacial score (nSPS) is 12.1. The highest BCUT2D eigenvalue weighted by Gasteiger charge is 2.12. The average Bonchev–Trinajstić information content (AvgIpc) is 2.38. The van der Waals surface area contributed by atoms with E-state index in [-0.39, 0.29) is 11.7 Å². The molecule has 2 aromatic carbocycles. The van der Waals surface area contributed by atoms with Crippen LogP contribution in [0.3, 0.4) is 0 Å². The molecule has 3 heteroatoms. The Bertz CT molecular complexity index is 536. The Balaban J connectivity index is 2.19. The third kappa shape index (κ3) is 3.17. The fourth-order valence-electron chi connectivity index (χ4n) is 1.86. The van der Waals surface area contributed by atoms with Gasteiger partial charge in [-0.15, -0.1) is 0 Å². The van der Waals surface area contributed by atoms with E-state index in [1.54, 1.807) is 24.3 Å². The Hall–Kier alpha value is -1.67. The highest BCUT2D eigenvalue weighted by molar-refractivity contribution is 6.30. The van der Waals surface area contributed by atoms with Crippen LogP contribution in [0.5, 0.6) is 0 Å². The lowest BCUT2D eigenvalue weighted by Gasteiger charge is -2.11. The molecule has 0 aliphatic heterocycles. The summed E-state index contributed by atoms with van der Waals surface area (Å²) in [6.07, 6.45) is 1.40. The van der Waals surface area contributed by atoms with Gasteiger partial charge in [0, 0.05) is 10.9 Å². The van der Waals surface area contributed by atoms with E-state index in [1.165, 1.54) is 12.1 Å². The van der Waals surface area contributed by atoms with E-state index in [0.29, 0.717) is 17.0 Å². The molecule has 2 aromatic rings. The molecule has 0 fully saturated rings. The molecular formula is C15H12ClFO. The molecule has 0 amide bonds. The summed E-state index contributed by atoms with van der Waals surface area (Å²) in [5.74, 6) is -0.655. The Labute approximate surface area is 110 Å². The number of aldehydes is 1. The molecule has 1 atom stereocenters. The van der Waals surface area contributed by atoms with Gasteiger partial charge in [-0.05, 0) is 41.8 Å². The first kappa shape index (κ1) is 12.8. The first-order chi connectivity index (χ1) is 8.69. The quantitative estimate of drug-likeness (QED) is 0.761. The van der Waals surface area contributed by atoms with Crippen LogP contribution >= 0.6 is 11.6 Å². The maximum atomic E-state index is 13.1. The van der Waals surface area contributed by atoms with Crippen LogP contribution in [0.2, 0.25) is 5.02 Å². The van der Waals surface area contributed by atoms with Crippen LogP contribution in [0.1, 0.15) is 17.0 Å². The largest absolute Gasteiger partial charge is 0.303 e. The van der Waals surface area contributed by atoms with Crippen molar-refractivity contribution in [3.8, 4) is 0 Å². The third-order valence-corrected chi connectivity index (χ3v) is 3.06. The highest BCUT2D eigenvalue weighted by Crippen LogP contribution is 2.21. The fourth-order valence-corrected chi connectivity index (χ4v) is 1.98. The van der Waals surface area contributed by atoms with E-state index in [1.807, 2.05) is 12.1 Å². The zero-order chi connectivity index (χ0) is 13.0. The van der Waals surface area contributed by atoms with Crippen LogP contribution < -0.4 is 0 Å². The fraction of sp³-hybridized carbons (Fsp3) is 0.133. The zero-order valence-corrected chi connectivity index (χ0v) is 10.4. The van der Waals surface area contributed by atoms with Crippen molar-refractivity contribution in [3.63, 3.8) is 0 Å². The first-order valence-electron chi connectivity index (χ1n) is 5.64. The van der Waals surface area contributed by atoms with Gasteiger partial charge in [-0.25, -0.2) is 4.39 Å². The van der Waals surface area contributed by atoms with Crippen LogP contribution in [0.25, 0.3) is 0 Å². The maximum absolute atomic E-state index is 13.1. The van der Waals surface area contributed by atoms with Gasteiger partial charge in [0.25, 0.3) is 0 Å². The highest BCUT2D eigenvalue weighted by atomic mass is 35.5. The summed E-state index contributed by atoms with van der Waals surface area (Å²) in [6.45, 7) is 0. The summed E-state index contributed by atoms with van der Waals surface area (Å²) < 4.78 is 13.1. The molecular weight excluding hydrogens is 251 g/mol. The van der Waals surface area contributed by atoms with Crippen molar-refractivity contribution in [3.05, 3.63) is 70.5 Å². The zero-order valence-electron chi connectivity index (χ0n) is 9.64. The molecule has 92 valence electrons. The molecule has 0 heterocycles. The summed E-state index contributed by atoms with van der Waals surface area (Å²) >= 11 is 5.80. The maximum Gasteiger partial charge on any atom is 0.127 e. The number of hydrogen-bond acceptors (Lipinski definition) is 1. The molecule has 1 nitrogen and oxygen atoms in total. The van der Waals surface area contributed by atoms with Gasteiger partial charge in [0.15, 0.2) is 0 Å². The van der Waals surface area contributed by atoms with E-state index < -0.39 is 0 Å². The minimum atomic E-state index is -0.332. The third-order valence-electron chi connectivity index (χ3n) is 2.81. The second-order valence-electron chi connectivity index (χ2n) is 4.13. The van der Waals surface area contributed by atoms with E-state index in [4.69, 9.17) is 11.6 Å². The molecule has 18 heavy (non-hydrogen) atoms. The summed E-state index contributed by atoms with van der Waals surface area (Å²) in [6, 6.07) is 13.5. The van der Waals surface area contributed by atoms with Crippen molar-refractivity contribution in [1.29, 1.82) is 0 Å². The number of hydrogen-bond donors (Lipinski definition) is 0. The smallest absolute Gasteiger partial charge is 0.127 e. The molecule has 0 saturated heterocycles. The summed E-state index contributed by atoms with van der Waals surface area (Å²) in [5, 5.41) is 0.659. The number of halogens is 2. The first-order valence-corrected chi connectivity index (χ1v) is 6.02. The number of rotatable bonds is 4. The SMILES string of the molecule is O=CC(Cc1ccc(Cl)cc1)c1cccc(F)c1. The lowest BCUT2D eigenvalue weighted by molar-refractivity contribution is -0.109. The van der Waals surface area contributed by atoms with Crippen molar-refractivity contribution >= 4 is 17.9 Å². The molecule has 2 rings (SSSR count). The van der Waals surface area contributed by atoms with Crippen molar-refractivity contribution in [2.75, 3.05) is 0 Å². The van der Waals surface area contributed by atoms with Crippen molar-refractivity contribution in [2.24, 2.45) is 0 Å². The predicted octanol–water partition coefficient (Wildman–Crippen LogP) is 4.00. The molecule has 0 radical (unpaired) electrons. The van der Waals surface area contributed by atoms with Crippen LogP contribution in [-0.4, -0.2) is 6.29 Å². The Kier molecular flexibility index (Phi) is 4.11. The Morgan fingerprint density at radius 3 is 2.50 bits per heavy atom. The lowest BCUT2D eigenvalue weighted by Crippen LogP contribution is -2.04. The number of carbonyl (C=O) groups excluding carboxylic acids is 1. The molecule has 0 spiro atoms. The van der Waals surface area contributed by atoms with Crippen molar-refractivity contribution in [1.82, 2.24) is 0 Å². The number of benzene rings is 2. The van der Waals surface area contributed by atoms with E-state index in [0.717, 1.165) is 11.8 Å². The second-order valence-corrected chi connectivity index (χ2v) is 4.56. The van der Waals surface area contributed by atoms with E-state index in [9.17, 15) is 9.18 Å². The van der Waals surface area contributed by atoms with Gasteiger partial charge in [0.1, 0.15) is 12.1 Å². The molecule has 0 N–H and O–H groups in total. The number of carbonyl (C=O) groups is 1. The summed E-state index contributed by atoms with van der Waals surface area (Å²) in [7, 11) is 0. The Morgan fingerprint density at radius 1 is 1.17 bits per heavy atom. The molecule has 0 saturated carbocycles. The molecule has 0 bridgehead atoms. The molecule has 0 aliphatic rings. The summed E-state index contributed by atoms with van der Waals surface area (Å²) in [5.41, 5.74) is 1.70.